The van der Waals surface area contributed by atoms with Gasteiger partial charge in [-0.3, -0.25) is 9.78 Å². The molecule has 0 unspecified atom stereocenters. The van der Waals surface area contributed by atoms with Crippen molar-refractivity contribution in [1.29, 1.82) is 0 Å². The summed E-state index contributed by atoms with van der Waals surface area (Å²) in [5.41, 5.74) is 9.22. The molecule has 5 nitrogen and oxygen atoms in total. The zero-order valence-corrected chi connectivity index (χ0v) is 16.1. The first-order valence-electron chi connectivity index (χ1n) is 9.09. The van der Waals surface area contributed by atoms with Crippen molar-refractivity contribution in [2.75, 3.05) is 11.1 Å². The van der Waals surface area contributed by atoms with Crippen molar-refractivity contribution in [1.82, 2.24) is 9.97 Å². The lowest BCUT2D eigenvalue weighted by Gasteiger charge is -2.08. The number of carbonyl (C=O) groups excluding carboxylic acids is 1. The van der Waals surface area contributed by atoms with Gasteiger partial charge in [-0.05, 0) is 35.7 Å². The van der Waals surface area contributed by atoms with Crippen LogP contribution in [0, 0.1) is 0 Å². The fourth-order valence-electron chi connectivity index (χ4n) is 3.35. The first-order chi connectivity index (χ1) is 14.2. The molecule has 0 saturated carbocycles. The van der Waals surface area contributed by atoms with Crippen molar-refractivity contribution in [2.24, 2.45) is 0 Å². The van der Waals surface area contributed by atoms with Gasteiger partial charge in [0, 0.05) is 34.4 Å². The van der Waals surface area contributed by atoms with E-state index in [1.807, 2.05) is 66.7 Å². The molecule has 0 fully saturated rings. The van der Waals surface area contributed by atoms with Gasteiger partial charge in [-0.1, -0.05) is 36.4 Å². The minimum atomic E-state index is -0.232. The van der Waals surface area contributed by atoms with Crippen LogP contribution in [0.2, 0.25) is 0 Å². The molecule has 140 valence electrons. The summed E-state index contributed by atoms with van der Waals surface area (Å²) < 4.78 is 0. The summed E-state index contributed by atoms with van der Waals surface area (Å²) in [6, 6.07) is 21.4. The van der Waals surface area contributed by atoms with Crippen LogP contribution < -0.4 is 11.1 Å². The number of pyridine rings is 2. The van der Waals surface area contributed by atoms with E-state index in [1.165, 1.54) is 11.3 Å². The van der Waals surface area contributed by atoms with Gasteiger partial charge in [0.25, 0.3) is 5.91 Å². The number of aromatic nitrogens is 2. The number of amides is 1. The first kappa shape index (κ1) is 17.3. The quantitative estimate of drug-likeness (QED) is 0.431. The number of nitrogens with one attached hydrogen (secondary N) is 1. The molecule has 1 amide bonds. The summed E-state index contributed by atoms with van der Waals surface area (Å²) in [5.74, 6) is -0.232. The number of rotatable bonds is 3. The maximum Gasteiger partial charge on any atom is 0.267 e. The molecule has 6 heteroatoms. The lowest BCUT2D eigenvalue weighted by molar-refractivity contribution is 0.103. The van der Waals surface area contributed by atoms with Crippen molar-refractivity contribution in [3.8, 4) is 11.3 Å². The van der Waals surface area contributed by atoms with Gasteiger partial charge < -0.3 is 11.1 Å². The fraction of sp³-hybridized carbons (Fsp3) is 0. The molecule has 0 aliphatic rings. The van der Waals surface area contributed by atoms with Crippen LogP contribution in [-0.4, -0.2) is 15.9 Å². The smallest absolute Gasteiger partial charge is 0.267 e. The van der Waals surface area contributed by atoms with Crippen molar-refractivity contribution < 1.29 is 4.79 Å². The molecule has 5 rings (SSSR count). The molecule has 2 aromatic carbocycles. The number of hydrogen-bond acceptors (Lipinski definition) is 5. The second-order valence-corrected chi connectivity index (χ2v) is 7.62. The van der Waals surface area contributed by atoms with Crippen LogP contribution in [0.5, 0.6) is 0 Å². The molecule has 0 spiro atoms. The number of benzene rings is 2. The Kier molecular flexibility index (Phi) is 4.18. The maximum absolute atomic E-state index is 13.0. The molecule has 0 aliphatic carbocycles. The lowest BCUT2D eigenvalue weighted by atomic mass is 10.1. The zero-order valence-electron chi connectivity index (χ0n) is 15.3. The second kappa shape index (κ2) is 7.00. The number of nitrogens with two attached hydrogens (primary N) is 1. The van der Waals surface area contributed by atoms with Crippen LogP contribution >= 0.6 is 11.3 Å². The van der Waals surface area contributed by atoms with Crippen LogP contribution in [0.1, 0.15) is 9.67 Å². The number of fused-ring (bicyclic) bond motifs is 2. The van der Waals surface area contributed by atoms with Gasteiger partial charge in [-0.2, -0.15) is 0 Å². The van der Waals surface area contributed by atoms with Gasteiger partial charge >= 0.3 is 0 Å². The molecule has 0 saturated heterocycles. The minimum Gasteiger partial charge on any atom is -0.397 e. The molecule has 29 heavy (non-hydrogen) atoms. The maximum atomic E-state index is 13.0. The molecule has 3 aromatic heterocycles. The monoisotopic (exact) mass is 396 g/mol. The largest absolute Gasteiger partial charge is 0.397 e. The Morgan fingerprint density at radius 1 is 0.931 bits per heavy atom. The molecular formula is C23H16N4OS. The van der Waals surface area contributed by atoms with E-state index >= 15 is 0 Å². The number of nitrogens with zero attached hydrogens (tertiary/aromatic N) is 2. The highest BCUT2D eigenvalue weighted by Crippen LogP contribution is 2.35. The van der Waals surface area contributed by atoms with Gasteiger partial charge in [0.1, 0.15) is 9.71 Å². The highest BCUT2D eigenvalue weighted by atomic mass is 32.1. The van der Waals surface area contributed by atoms with E-state index < -0.39 is 0 Å². The third kappa shape index (κ3) is 3.09. The summed E-state index contributed by atoms with van der Waals surface area (Å²) in [4.78, 5) is 23.0. The molecule has 5 aromatic rings. The van der Waals surface area contributed by atoms with Crippen molar-refractivity contribution >= 4 is 49.6 Å². The van der Waals surface area contributed by atoms with E-state index in [0.717, 1.165) is 37.9 Å². The standard InChI is InChI=1S/C23H16N4OS/c24-20-17-10-11-18(15-7-4-12-25-13-15)27-23(17)29-21(20)22(28)26-19-9-3-6-14-5-1-2-8-16(14)19/h1-13H,24H2,(H,26,28). The Labute approximate surface area is 170 Å². The van der Waals surface area contributed by atoms with Gasteiger partial charge in [0.15, 0.2) is 0 Å². The summed E-state index contributed by atoms with van der Waals surface area (Å²) in [7, 11) is 0. The number of nitrogen functional groups attached to an aromatic ring is 1. The number of anilines is 2. The third-order valence-corrected chi connectivity index (χ3v) is 5.91. The van der Waals surface area contributed by atoms with Gasteiger partial charge in [-0.15, -0.1) is 11.3 Å². The topological polar surface area (TPSA) is 80.9 Å². The van der Waals surface area contributed by atoms with E-state index in [9.17, 15) is 4.79 Å². The van der Waals surface area contributed by atoms with Crippen LogP contribution in [0.3, 0.4) is 0 Å². The molecule has 3 heterocycles. The first-order valence-corrected chi connectivity index (χ1v) is 9.91. The van der Waals surface area contributed by atoms with E-state index in [0.29, 0.717) is 10.6 Å². The van der Waals surface area contributed by atoms with Gasteiger partial charge in [0.05, 0.1) is 11.4 Å². The summed E-state index contributed by atoms with van der Waals surface area (Å²) >= 11 is 1.30. The van der Waals surface area contributed by atoms with E-state index in [1.54, 1.807) is 12.4 Å². The third-order valence-electron chi connectivity index (χ3n) is 4.80. The lowest BCUT2D eigenvalue weighted by Crippen LogP contribution is -2.12. The van der Waals surface area contributed by atoms with Crippen LogP contribution in [0.4, 0.5) is 11.4 Å². The summed E-state index contributed by atoms with van der Waals surface area (Å²) in [5, 5.41) is 5.84. The number of carbonyl (C=O) groups is 1. The molecular weight excluding hydrogens is 380 g/mol. The second-order valence-electron chi connectivity index (χ2n) is 6.62. The highest BCUT2D eigenvalue weighted by Gasteiger charge is 2.18. The van der Waals surface area contributed by atoms with Crippen molar-refractivity contribution in [3.05, 3.63) is 84.0 Å². The average molecular weight is 396 g/mol. The van der Waals surface area contributed by atoms with Crippen molar-refractivity contribution in [2.45, 2.75) is 0 Å². The fourth-order valence-corrected chi connectivity index (χ4v) is 4.34. The highest BCUT2D eigenvalue weighted by molar-refractivity contribution is 7.21. The van der Waals surface area contributed by atoms with Crippen LogP contribution in [-0.2, 0) is 0 Å². The number of hydrogen-bond donors (Lipinski definition) is 2. The minimum absolute atomic E-state index is 0.232. The average Bonchev–Trinajstić information content (AvgIpc) is 3.11. The van der Waals surface area contributed by atoms with Crippen LogP contribution in [0.15, 0.2) is 79.1 Å². The summed E-state index contributed by atoms with van der Waals surface area (Å²) in [6.45, 7) is 0. The SMILES string of the molecule is Nc1c(C(=O)Nc2cccc3ccccc23)sc2nc(-c3cccnc3)ccc12. The predicted molar refractivity (Wildman–Crippen MR) is 119 cm³/mol. The number of thiophene rings is 1. The van der Waals surface area contributed by atoms with Crippen LogP contribution in [0.25, 0.3) is 32.2 Å². The van der Waals surface area contributed by atoms with Gasteiger partial charge in [-0.25, -0.2) is 4.98 Å². The molecule has 3 N–H and O–H groups in total. The molecule has 0 bridgehead atoms. The predicted octanol–water partition coefficient (Wildman–Crippen LogP) is 5.35. The Balaban J connectivity index is 1.52. The molecule has 0 aliphatic heterocycles. The van der Waals surface area contributed by atoms with E-state index in [-0.39, 0.29) is 5.91 Å². The molecule has 0 radical (unpaired) electrons. The van der Waals surface area contributed by atoms with E-state index in [2.05, 4.69) is 15.3 Å². The summed E-state index contributed by atoms with van der Waals surface area (Å²) in [6.07, 6.45) is 3.49. The van der Waals surface area contributed by atoms with Crippen molar-refractivity contribution in [3.63, 3.8) is 0 Å². The Bertz CT molecular complexity index is 1360. The van der Waals surface area contributed by atoms with Gasteiger partial charge in [0.2, 0.25) is 0 Å². The normalized spacial score (nSPS) is 11.0. The van der Waals surface area contributed by atoms with E-state index in [4.69, 9.17) is 5.73 Å². The Hall–Kier alpha value is -3.77. The Morgan fingerprint density at radius 2 is 1.79 bits per heavy atom. The Morgan fingerprint density at radius 3 is 2.66 bits per heavy atom. The molecule has 0 atom stereocenters. The zero-order chi connectivity index (χ0) is 19.8.